The number of benzene rings is 1. The predicted octanol–water partition coefficient (Wildman–Crippen LogP) is 3.50. The summed E-state index contributed by atoms with van der Waals surface area (Å²) in [6.45, 7) is 1.25. The zero-order chi connectivity index (χ0) is 21.2. The molecule has 7 heteroatoms. The highest BCUT2D eigenvalue weighted by molar-refractivity contribution is 6.05. The Morgan fingerprint density at radius 3 is 2.74 bits per heavy atom. The molecule has 156 valence electrons. The summed E-state index contributed by atoms with van der Waals surface area (Å²) in [6, 6.07) is 12.0. The van der Waals surface area contributed by atoms with Crippen molar-refractivity contribution < 1.29 is 9.53 Å². The van der Waals surface area contributed by atoms with Crippen LogP contribution in [-0.4, -0.2) is 43.2 Å². The lowest BCUT2D eigenvalue weighted by Gasteiger charge is -2.44. The monoisotopic (exact) mass is 413 g/mol. The van der Waals surface area contributed by atoms with Crippen molar-refractivity contribution in [1.29, 1.82) is 0 Å². The molecule has 1 saturated heterocycles. The van der Waals surface area contributed by atoms with Crippen molar-refractivity contribution in [3.63, 3.8) is 0 Å². The van der Waals surface area contributed by atoms with Gasteiger partial charge in [0.15, 0.2) is 0 Å². The molecule has 0 saturated carbocycles. The lowest BCUT2D eigenvalue weighted by molar-refractivity contribution is -0.00167. The second kappa shape index (κ2) is 6.44. The molecule has 0 bridgehead atoms. The Hall–Kier alpha value is -3.61. The van der Waals surface area contributed by atoms with Gasteiger partial charge in [0.1, 0.15) is 16.9 Å². The molecule has 31 heavy (non-hydrogen) atoms. The minimum atomic E-state index is -0.453. The second-order valence-electron chi connectivity index (χ2n) is 8.44. The van der Waals surface area contributed by atoms with Crippen LogP contribution in [0.1, 0.15) is 28.8 Å². The van der Waals surface area contributed by atoms with Crippen LogP contribution in [-0.2, 0) is 19.7 Å². The maximum Gasteiger partial charge on any atom is 0.257 e. The maximum absolute atomic E-state index is 13.4. The first kappa shape index (κ1) is 18.2. The third kappa shape index (κ3) is 2.55. The third-order valence-corrected chi connectivity index (χ3v) is 6.71. The average molecular weight is 413 g/mol. The van der Waals surface area contributed by atoms with Crippen LogP contribution >= 0.6 is 0 Å². The van der Waals surface area contributed by atoms with Gasteiger partial charge >= 0.3 is 0 Å². The van der Waals surface area contributed by atoms with Gasteiger partial charge in [0.05, 0.1) is 23.0 Å². The van der Waals surface area contributed by atoms with Crippen LogP contribution in [0.3, 0.4) is 0 Å². The van der Waals surface area contributed by atoms with Crippen molar-refractivity contribution in [2.24, 2.45) is 14.1 Å². The van der Waals surface area contributed by atoms with E-state index in [2.05, 4.69) is 16.1 Å². The minimum absolute atomic E-state index is 0.0294. The van der Waals surface area contributed by atoms with Gasteiger partial charge in [0, 0.05) is 63.5 Å². The van der Waals surface area contributed by atoms with E-state index in [-0.39, 0.29) is 5.91 Å². The van der Waals surface area contributed by atoms with Crippen LogP contribution in [0.25, 0.3) is 22.3 Å². The second-order valence-corrected chi connectivity index (χ2v) is 8.44. The third-order valence-electron chi connectivity index (χ3n) is 6.71. The fraction of sp³-hybridized carbons (Fsp3) is 0.292. The van der Waals surface area contributed by atoms with Gasteiger partial charge in [-0.25, -0.2) is 0 Å². The Labute approximate surface area is 179 Å². The standard InChI is InChI=1S/C24H23N5O2/c1-27-15-17(21-19(27)7-5-11-25-21)23(30)29-12-9-24(10-13-29)18-14-26-28(2)22(18)16-6-3-4-8-20(16)31-24/h3-8,11,14-15H,9-10,12-13H2,1-2H3. The first-order valence-corrected chi connectivity index (χ1v) is 10.6. The van der Waals surface area contributed by atoms with E-state index < -0.39 is 5.60 Å². The van der Waals surface area contributed by atoms with E-state index in [1.807, 2.05) is 71.0 Å². The molecular formula is C24H23N5O2. The average Bonchev–Trinajstić information content (AvgIpc) is 3.35. The first-order valence-electron chi connectivity index (χ1n) is 10.6. The van der Waals surface area contributed by atoms with Crippen molar-refractivity contribution in [1.82, 2.24) is 24.2 Å². The smallest absolute Gasteiger partial charge is 0.257 e. The van der Waals surface area contributed by atoms with E-state index in [1.54, 1.807) is 6.20 Å². The van der Waals surface area contributed by atoms with Crippen molar-refractivity contribution in [2.45, 2.75) is 18.4 Å². The molecule has 3 aromatic heterocycles. The molecule has 1 spiro atoms. The lowest BCUT2D eigenvalue weighted by Crippen LogP contribution is -2.49. The molecule has 6 rings (SSSR count). The van der Waals surface area contributed by atoms with Gasteiger partial charge in [0.2, 0.25) is 0 Å². The molecule has 0 atom stereocenters. The number of para-hydroxylation sites is 1. The van der Waals surface area contributed by atoms with Crippen LogP contribution in [0.4, 0.5) is 0 Å². The number of hydrogen-bond donors (Lipinski definition) is 0. The van der Waals surface area contributed by atoms with E-state index in [0.717, 1.165) is 46.4 Å². The van der Waals surface area contributed by atoms with Crippen LogP contribution in [0.15, 0.2) is 55.0 Å². The van der Waals surface area contributed by atoms with E-state index in [0.29, 0.717) is 18.7 Å². The first-order chi connectivity index (χ1) is 15.1. The molecule has 1 aromatic carbocycles. The van der Waals surface area contributed by atoms with Gasteiger partial charge in [-0.15, -0.1) is 0 Å². The quantitative estimate of drug-likeness (QED) is 0.479. The normalized spacial score (nSPS) is 16.8. The predicted molar refractivity (Wildman–Crippen MR) is 117 cm³/mol. The topological polar surface area (TPSA) is 65.2 Å². The number of pyridine rings is 1. The van der Waals surface area contributed by atoms with Gasteiger partial charge in [0.25, 0.3) is 5.91 Å². The number of likely N-dealkylation sites (tertiary alicyclic amines) is 1. The van der Waals surface area contributed by atoms with Crippen molar-refractivity contribution in [3.05, 3.63) is 66.1 Å². The summed E-state index contributed by atoms with van der Waals surface area (Å²) in [5.41, 5.74) is 5.23. The Morgan fingerprint density at radius 2 is 1.90 bits per heavy atom. The van der Waals surface area contributed by atoms with Gasteiger partial charge in [-0.3, -0.25) is 14.5 Å². The number of hydrogen-bond acceptors (Lipinski definition) is 4. The van der Waals surface area contributed by atoms with Crippen molar-refractivity contribution in [3.8, 4) is 17.0 Å². The summed E-state index contributed by atoms with van der Waals surface area (Å²) in [4.78, 5) is 19.7. The Balaban J connectivity index is 1.31. The highest BCUT2D eigenvalue weighted by Crippen LogP contribution is 2.49. The summed E-state index contributed by atoms with van der Waals surface area (Å²) in [5, 5.41) is 4.53. The highest BCUT2D eigenvalue weighted by Gasteiger charge is 2.46. The minimum Gasteiger partial charge on any atom is -0.482 e. The van der Waals surface area contributed by atoms with Crippen LogP contribution in [0.2, 0.25) is 0 Å². The Kier molecular flexibility index (Phi) is 3.78. The van der Waals surface area contributed by atoms with Gasteiger partial charge in [-0.2, -0.15) is 5.10 Å². The lowest BCUT2D eigenvalue weighted by atomic mass is 9.81. The molecule has 1 amide bonds. The number of aromatic nitrogens is 4. The van der Waals surface area contributed by atoms with Crippen LogP contribution in [0, 0.1) is 0 Å². The summed E-state index contributed by atoms with van der Waals surface area (Å²) in [5.74, 6) is 0.915. The molecule has 0 N–H and O–H groups in total. The highest BCUT2D eigenvalue weighted by atomic mass is 16.5. The van der Waals surface area contributed by atoms with Crippen molar-refractivity contribution in [2.75, 3.05) is 13.1 Å². The number of ether oxygens (including phenoxy) is 1. The number of aryl methyl sites for hydroxylation is 2. The molecule has 1 fully saturated rings. The molecule has 0 radical (unpaired) electrons. The van der Waals surface area contributed by atoms with E-state index >= 15 is 0 Å². The number of fused-ring (bicyclic) bond motifs is 5. The number of carbonyl (C=O) groups excluding carboxylic acids is 1. The van der Waals surface area contributed by atoms with Crippen LogP contribution < -0.4 is 4.74 Å². The molecule has 2 aliphatic rings. The van der Waals surface area contributed by atoms with Gasteiger partial charge in [-0.1, -0.05) is 12.1 Å². The number of rotatable bonds is 1. The van der Waals surface area contributed by atoms with E-state index in [1.165, 1.54) is 0 Å². The fourth-order valence-electron chi connectivity index (χ4n) is 5.09. The molecule has 0 aliphatic carbocycles. The number of carbonyl (C=O) groups is 1. The Bertz CT molecular complexity index is 1330. The van der Waals surface area contributed by atoms with E-state index in [9.17, 15) is 4.79 Å². The van der Waals surface area contributed by atoms with Crippen molar-refractivity contribution >= 4 is 16.9 Å². The molecule has 4 aromatic rings. The largest absolute Gasteiger partial charge is 0.482 e. The molecule has 2 aliphatic heterocycles. The van der Waals surface area contributed by atoms with E-state index in [4.69, 9.17) is 4.74 Å². The van der Waals surface area contributed by atoms with Gasteiger partial charge < -0.3 is 14.2 Å². The van der Waals surface area contributed by atoms with Crippen LogP contribution in [0.5, 0.6) is 5.75 Å². The zero-order valence-electron chi connectivity index (χ0n) is 17.6. The maximum atomic E-state index is 13.4. The summed E-state index contributed by atoms with van der Waals surface area (Å²) in [7, 11) is 3.92. The summed E-state index contributed by atoms with van der Waals surface area (Å²) in [6.07, 6.45) is 7.00. The molecular weight excluding hydrogens is 390 g/mol. The molecule has 7 nitrogen and oxygen atoms in total. The molecule has 0 unspecified atom stereocenters. The number of piperidine rings is 1. The molecule has 5 heterocycles. The Morgan fingerprint density at radius 1 is 1.10 bits per heavy atom. The zero-order valence-corrected chi connectivity index (χ0v) is 17.6. The summed E-state index contributed by atoms with van der Waals surface area (Å²) < 4.78 is 10.5. The number of nitrogens with zero attached hydrogens (tertiary/aromatic N) is 5. The van der Waals surface area contributed by atoms with Gasteiger partial charge in [-0.05, 0) is 24.3 Å². The number of amides is 1. The fourth-order valence-corrected chi connectivity index (χ4v) is 5.09. The summed E-state index contributed by atoms with van der Waals surface area (Å²) >= 11 is 0. The SMILES string of the molecule is Cn1ncc2c1-c1ccccc1OC21CCN(C(=O)c2cn(C)c3cccnc23)CC1.